The molecule has 17 heavy (non-hydrogen) atoms. The van der Waals surface area contributed by atoms with Gasteiger partial charge in [0.1, 0.15) is 5.82 Å². The molecule has 0 heterocycles. The molecule has 0 atom stereocenters. The molecule has 4 nitrogen and oxygen atoms in total. The first-order valence-electron chi connectivity index (χ1n) is 5.50. The van der Waals surface area contributed by atoms with Gasteiger partial charge in [-0.2, -0.15) is 0 Å². The third-order valence-electron chi connectivity index (χ3n) is 2.13. The molecule has 6 heteroatoms. The van der Waals surface area contributed by atoms with Crippen LogP contribution in [-0.4, -0.2) is 27.3 Å². The first-order chi connectivity index (χ1) is 8.03. The van der Waals surface area contributed by atoms with Crippen molar-refractivity contribution in [1.29, 1.82) is 0 Å². The predicted octanol–water partition coefficient (Wildman–Crippen LogP) is 1.57. The second-order valence-corrected chi connectivity index (χ2v) is 5.48. The molecule has 1 aromatic carbocycles. The van der Waals surface area contributed by atoms with E-state index in [2.05, 4.69) is 10.0 Å². The van der Waals surface area contributed by atoms with E-state index in [0.717, 1.165) is 6.54 Å². The average molecular weight is 260 g/mol. The Labute approximate surface area is 101 Å². The van der Waals surface area contributed by atoms with Crippen LogP contribution in [0, 0.1) is 5.82 Å². The average Bonchev–Trinajstić information content (AvgIpc) is 2.27. The van der Waals surface area contributed by atoms with Gasteiger partial charge in [-0.1, -0.05) is 6.92 Å². The maximum absolute atomic E-state index is 12.6. The minimum atomic E-state index is -3.34. The van der Waals surface area contributed by atoms with Gasteiger partial charge in [0, 0.05) is 5.69 Å². The summed E-state index contributed by atoms with van der Waals surface area (Å²) in [4.78, 5) is 0. The van der Waals surface area contributed by atoms with Crippen LogP contribution in [0.2, 0.25) is 0 Å². The third-order valence-corrected chi connectivity index (χ3v) is 3.51. The van der Waals surface area contributed by atoms with E-state index < -0.39 is 10.0 Å². The minimum absolute atomic E-state index is 0.0530. The van der Waals surface area contributed by atoms with E-state index >= 15 is 0 Å². The van der Waals surface area contributed by atoms with E-state index in [9.17, 15) is 12.8 Å². The molecular formula is C11H17FN2O2S. The molecule has 0 spiro atoms. The zero-order valence-corrected chi connectivity index (χ0v) is 10.6. The number of halogens is 1. The zero-order valence-electron chi connectivity index (χ0n) is 9.74. The molecule has 0 amide bonds. The minimum Gasteiger partial charge on any atom is -0.317 e. The highest BCUT2D eigenvalue weighted by Gasteiger charge is 2.09. The Balaban J connectivity index is 2.46. The number of nitrogens with one attached hydrogen (secondary N) is 2. The molecule has 0 bridgehead atoms. The van der Waals surface area contributed by atoms with Crippen molar-refractivity contribution in [2.75, 3.05) is 23.6 Å². The van der Waals surface area contributed by atoms with Crippen molar-refractivity contribution in [3.63, 3.8) is 0 Å². The molecule has 0 saturated heterocycles. The number of rotatable bonds is 7. The molecule has 0 fully saturated rings. The summed E-state index contributed by atoms with van der Waals surface area (Å²) in [5.41, 5.74) is 0.384. The van der Waals surface area contributed by atoms with Gasteiger partial charge in [0.2, 0.25) is 10.0 Å². The van der Waals surface area contributed by atoms with Crippen LogP contribution < -0.4 is 10.0 Å². The van der Waals surface area contributed by atoms with Gasteiger partial charge < -0.3 is 5.32 Å². The van der Waals surface area contributed by atoms with Gasteiger partial charge >= 0.3 is 0 Å². The van der Waals surface area contributed by atoms with Crippen molar-refractivity contribution in [2.24, 2.45) is 0 Å². The van der Waals surface area contributed by atoms with Crippen molar-refractivity contribution in [3.05, 3.63) is 30.1 Å². The number of hydrogen-bond donors (Lipinski definition) is 2. The topological polar surface area (TPSA) is 58.2 Å². The molecule has 0 aliphatic carbocycles. The first kappa shape index (κ1) is 13.9. The van der Waals surface area contributed by atoms with Crippen LogP contribution in [-0.2, 0) is 10.0 Å². The predicted molar refractivity (Wildman–Crippen MR) is 67.0 cm³/mol. The molecule has 1 rings (SSSR count). The molecule has 0 aliphatic rings. The first-order valence-corrected chi connectivity index (χ1v) is 7.15. The summed E-state index contributed by atoms with van der Waals surface area (Å²) in [7, 11) is -3.34. The molecule has 0 aromatic heterocycles. The largest absolute Gasteiger partial charge is 0.317 e. The van der Waals surface area contributed by atoms with Crippen molar-refractivity contribution < 1.29 is 12.8 Å². The summed E-state index contributed by atoms with van der Waals surface area (Å²) in [5, 5.41) is 3.05. The number of sulfonamides is 1. The summed E-state index contributed by atoms with van der Waals surface area (Å²) in [6.45, 7) is 3.46. The van der Waals surface area contributed by atoms with E-state index in [4.69, 9.17) is 0 Å². The SMILES string of the molecule is CCNCCCS(=O)(=O)Nc1ccc(F)cc1. The highest BCUT2D eigenvalue weighted by Crippen LogP contribution is 2.10. The lowest BCUT2D eigenvalue weighted by molar-refractivity contribution is 0.595. The monoisotopic (exact) mass is 260 g/mol. The molecule has 0 radical (unpaired) electrons. The normalized spacial score (nSPS) is 11.4. The van der Waals surface area contributed by atoms with Gasteiger partial charge in [-0.25, -0.2) is 12.8 Å². The molecule has 96 valence electrons. The fraction of sp³-hybridized carbons (Fsp3) is 0.455. The van der Waals surface area contributed by atoms with E-state index in [1.54, 1.807) is 0 Å². The second kappa shape index (κ2) is 6.56. The summed E-state index contributed by atoms with van der Waals surface area (Å²) in [6, 6.07) is 5.24. The van der Waals surface area contributed by atoms with Crippen molar-refractivity contribution in [3.8, 4) is 0 Å². The van der Waals surface area contributed by atoms with Gasteiger partial charge in [-0.05, 0) is 43.8 Å². The van der Waals surface area contributed by atoms with Crippen LogP contribution in [0.25, 0.3) is 0 Å². The quantitative estimate of drug-likeness (QED) is 0.732. The fourth-order valence-corrected chi connectivity index (χ4v) is 2.43. The fourth-order valence-electron chi connectivity index (χ4n) is 1.31. The van der Waals surface area contributed by atoms with E-state index in [0.29, 0.717) is 18.7 Å². The van der Waals surface area contributed by atoms with Crippen LogP contribution in [0.3, 0.4) is 0 Å². The smallest absolute Gasteiger partial charge is 0.232 e. The Hall–Kier alpha value is -1.14. The lowest BCUT2D eigenvalue weighted by Gasteiger charge is -2.07. The third kappa shape index (κ3) is 5.65. The van der Waals surface area contributed by atoms with Crippen molar-refractivity contribution in [1.82, 2.24) is 5.32 Å². The molecular weight excluding hydrogens is 243 g/mol. The molecule has 0 aliphatic heterocycles. The maximum atomic E-state index is 12.6. The Bertz CT molecular complexity index is 431. The lowest BCUT2D eigenvalue weighted by atomic mass is 10.3. The highest BCUT2D eigenvalue weighted by molar-refractivity contribution is 7.92. The Morgan fingerprint density at radius 3 is 2.47 bits per heavy atom. The number of benzene rings is 1. The summed E-state index contributed by atoms with van der Waals surface area (Å²) < 4.78 is 38.3. The molecule has 2 N–H and O–H groups in total. The van der Waals surface area contributed by atoms with Gasteiger partial charge in [0.15, 0.2) is 0 Å². The van der Waals surface area contributed by atoms with E-state index in [1.807, 2.05) is 6.92 Å². The van der Waals surface area contributed by atoms with E-state index in [-0.39, 0.29) is 11.6 Å². The van der Waals surface area contributed by atoms with Gasteiger partial charge in [-0.15, -0.1) is 0 Å². The lowest BCUT2D eigenvalue weighted by Crippen LogP contribution is -2.21. The van der Waals surface area contributed by atoms with Crippen LogP contribution in [0.4, 0.5) is 10.1 Å². The van der Waals surface area contributed by atoms with Crippen LogP contribution in [0.1, 0.15) is 13.3 Å². The molecule has 0 saturated carbocycles. The Kier molecular flexibility index (Phi) is 5.37. The Morgan fingerprint density at radius 1 is 1.24 bits per heavy atom. The summed E-state index contributed by atoms with van der Waals surface area (Å²) >= 11 is 0. The summed E-state index contributed by atoms with van der Waals surface area (Å²) in [6.07, 6.45) is 0.546. The maximum Gasteiger partial charge on any atom is 0.232 e. The van der Waals surface area contributed by atoms with Crippen molar-refractivity contribution in [2.45, 2.75) is 13.3 Å². The van der Waals surface area contributed by atoms with Crippen LogP contribution in [0.15, 0.2) is 24.3 Å². The highest BCUT2D eigenvalue weighted by atomic mass is 32.2. The molecule has 0 unspecified atom stereocenters. The summed E-state index contributed by atoms with van der Waals surface area (Å²) in [5.74, 6) is -0.336. The van der Waals surface area contributed by atoms with Crippen LogP contribution >= 0.6 is 0 Å². The van der Waals surface area contributed by atoms with Gasteiger partial charge in [-0.3, -0.25) is 4.72 Å². The number of hydrogen-bond acceptors (Lipinski definition) is 3. The zero-order chi connectivity index (χ0) is 12.7. The van der Waals surface area contributed by atoms with Crippen LogP contribution in [0.5, 0.6) is 0 Å². The van der Waals surface area contributed by atoms with Gasteiger partial charge in [0.05, 0.1) is 5.75 Å². The van der Waals surface area contributed by atoms with Gasteiger partial charge in [0.25, 0.3) is 0 Å². The number of anilines is 1. The standard InChI is InChI=1S/C11H17FN2O2S/c1-2-13-8-3-9-17(15,16)14-11-6-4-10(12)5-7-11/h4-7,13-14H,2-3,8-9H2,1H3. The van der Waals surface area contributed by atoms with E-state index in [1.165, 1.54) is 24.3 Å². The second-order valence-electron chi connectivity index (χ2n) is 3.63. The van der Waals surface area contributed by atoms with Crippen molar-refractivity contribution >= 4 is 15.7 Å². The molecule has 1 aromatic rings. The Morgan fingerprint density at radius 2 is 1.88 bits per heavy atom.